The van der Waals surface area contributed by atoms with Crippen molar-refractivity contribution in [3.63, 3.8) is 0 Å². The van der Waals surface area contributed by atoms with Crippen LogP contribution in [0, 0.1) is 0 Å². The van der Waals surface area contributed by atoms with Crippen LogP contribution < -0.4 is 9.80 Å². The first kappa shape index (κ1) is 14.1. The van der Waals surface area contributed by atoms with E-state index in [9.17, 15) is 0 Å². The highest BCUT2D eigenvalue weighted by atomic mass is 35.5. The van der Waals surface area contributed by atoms with Gasteiger partial charge in [-0.25, -0.2) is 0 Å². The maximum atomic E-state index is 8.93. The summed E-state index contributed by atoms with van der Waals surface area (Å²) in [5.41, 5.74) is 1.06. The lowest BCUT2D eigenvalue weighted by Gasteiger charge is -2.29. The molecule has 2 rings (SSSR count). The van der Waals surface area contributed by atoms with Gasteiger partial charge in [-0.2, -0.15) is 0 Å². The van der Waals surface area contributed by atoms with Crippen LogP contribution in [0.3, 0.4) is 0 Å². The second-order valence-electron chi connectivity index (χ2n) is 4.85. The quantitative estimate of drug-likeness (QED) is 0.671. The average molecular weight is 291 g/mol. The largest absolute Gasteiger partial charge is 0.391 e. The molecule has 0 atom stereocenters. The van der Waals surface area contributed by atoms with Gasteiger partial charge < -0.3 is 14.9 Å². The van der Waals surface area contributed by atoms with E-state index in [0.29, 0.717) is 0 Å². The molecular formula is C13H20Cl2N2O+2. The zero-order chi connectivity index (χ0) is 13.0. The Bertz CT molecular complexity index is 372. The molecular weight excluding hydrogens is 271 g/mol. The first-order valence-electron chi connectivity index (χ1n) is 6.41. The maximum absolute atomic E-state index is 8.93. The van der Waals surface area contributed by atoms with Crippen molar-refractivity contribution in [3.05, 3.63) is 33.8 Å². The summed E-state index contributed by atoms with van der Waals surface area (Å²) in [6.45, 7) is 6.47. The lowest BCUT2D eigenvalue weighted by molar-refractivity contribution is -1.02. The molecule has 0 aliphatic carbocycles. The summed E-state index contributed by atoms with van der Waals surface area (Å²) in [6.07, 6.45) is 0. The van der Waals surface area contributed by atoms with Gasteiger partial charge in [0.05, 0.1) is 16.7 Å². The van der Waals surface area contributed by atoms with Crippen molar-refractivity contribution in [2.24, 2.45) is 0 Å². The minimum absolute atomic E-state index is 0.279. The predicted octanol–water partition coefficient (Wildman–Crippen LogP) is -0.731. The van der Waals surface area contributed by atoms with Crippen LogP contribution in [-0.4, -0.2) is 44.4 Å². The SMILES string of the molecule is OCC[NH+]1CC[NH+](Cc2c(Cl)cccc2Cl)CC1. The molecule has 18 heavy (non-hydrogen) atoms. The van der Waals surface area contributed by atoms with Crippen LogP contribution in [0.25, 0.3) is 0 Å². The predicted molar refractivity (Wildman–Crippen MR) is 73.5 cm³/mol. The minimum atomic E-state index is 0.279. The average Bonchev–Trinajstić information content (AvgIpc) is 2.36. The van der Waals surface area contributed by atoms with E-state index in [2.05, 4.69) is 0 Å². The van der Waals surface area contributed by atoms with Crippen molar-refractivity contribution in [2.45, 2.75) is 6.54 Å². The Morgan fingerprint density at radius 1 is 1.00 bits per heavy atom. The van der Waals surface area contributed by atoms with Crippen LogP contribution >= 0.6 is 23.2 Å². The Balaban J connectivity index is 1.92. The summed E-state index contributed by atoms with van der Waals surface area (Å²) in [4.78, 5) is 3.01. The van der Waals surface area contributed by atoms with E-state index in [1.54, 1.807) is 0 Å². The summed E-state index contributed by atoms with van der Waals surface area (Å²) in [7, 11) is 0. The third-order valence-corrected chi connectivity index (χ3v) is 4.33. The molecule has 0 amide bonds. The number of rotatable bonds is 4. The molecule has 3 N–H and O–H groups in total. The molecule has 100 valence electrons. The Morgan fingerprint density at radius 2 is 1.56 bits per heavy atom. The van der Waals surface area contributed by atoms with Crippen LogP contribution in [-0.2, 0) is 6.54 Å². The fraction of sp³-hybridized carbons (Fsp3) is 0.538. The molecule has 0 radical (unpaired) electrons. The number of hydrogen-bond acceptors (Lipinski definition) is 1. The monoisotopic (exact) mass is 290 g/mol. The van der Waals surface area contributed by atoms with Crippen molar-refractivity contribution < 1.29 is 14.9 Å². The highest BCUT2D eigenvalue weighted by Crippen LogP contribution is 2.23. The third kappa shape index (κ3) is 3.59. The molecule has 0 spiro atoms. The number of quaternary nitrogens is 2. The standard InChI is InChI=1S/C13H18Cl2N2O/c14-12-2-1-3-13(15)11(12)10-17-6-4-16(5-7-17)8-9-18/h1-3,18H,4-10H2/p+2. The topological polar surface area (TPSA) is 29.1 Å². The first-order valence-corrected chi connectivity index (χ1v) is 7.17. The molecule has 1 aliphatic heterocycles. The molecule has 1 fully saturated rings. The minimum Gasteiger partial charge on any atom is -0.391 e. The van der Waals surface area contributed by atoms with E-state index >= 15 is 0 Å². The maximum Gasteiger partial charge on any atom is 0.127 e. The highest BCUT2D eigenvalue weighted by molar-refractivity contribution is 6.35. The molecule has 1 saturated heterocycles. The van der Waals surface area contributed by atoms with Crippen LogP contribution in [0.4, 0.5) is 0 Å². The molecule has 1 aromatic rings. The van der Waals surface area contributed by atoms with Gasteiger partial charge in [0.2, 0.25) is 0 Å². The lowest BCUT2D eigenvalue weighted by atomic mass is 10.2. The summed E-state index contributed by atoms with van der Waals surface area (Å²) in [5.74, 6) is 0. The van der Waals surface area contributed by atoms with Crippen LogP contribution in [0.1, 0.15) is 5.56 Å². The van der Waals surface area contributed by atoms with Gasteiger partial charge in [0.1, 0.15) is 39.3 Å². The van der Waals surface area contributed by atoms with Crippen molar-refractivity contribution in [2.75, 3.05) is 39.3 Å². The number of benzene rings is 1. The van der Waals surface area contributed by atoms with Gasteiger partial charge in [0, 0.05) is 5.56 Å². The van der Waals surface area contributed by atoms with Gasteiger partial charge >= 0.3 is 0 Å². The molecule has 1 aliphatic rings. The second kappa shape index (κ2) is 6.73. The zero-order valence-corrected chi connectivity index (χ0v) is 11.9. The molecule has 1 heterocycles. The number of hydrogen-bond donors (Lipinski definition) is 3. The van der Waals surface area contributed by atoms with E-state index in [-0.39, 0.29) is 6.61 Å². The van der Waals surface area contributed by atoms with Gasteiger partial charge in [-0.15, -0.1) is 0 Å². The summed E-state index contributed by atoms with van der Waals surface area (Å²) in [6, 6.07) is 5.68. The summed E-state index contributed by atoms with van der Waals surface area (Å²) < 4.78 is 0. The van der Waals surface area contributed by atoms with Crippen molar-refractivity contribution >= 4 is 23.2 Å². The van der Waals surface area contributed by atoms with Crippen LogP contribution in [0.2, 0.25) is 10.0 Å². The number of aliphatic hydroxyl groups excluding tert-OH is 1. The van der Waals surface area contributed by atoms with Crippen LogP contribution in [0.5, 0.6) is 0 Å². The summed E-state index contributed by atoms with van der Waals surface area (Å²) in [5, 5.41) is 10.5. The van der Waals surface area contributed by atoms with Crippen LogP contribution in [0.15, 0.2) is 18.2 Å². The summed E-state index contributed by atoms with van der Waals surface area (Å²) >= 11 is 12.4. The number of halogens is 2. The zero-order valence-electron chi connectivity index (χ0n) is 10.4. The Kier molecular flexibility index (Phi) is 5.27. The fourth-order valence-electron chi connectivity index (χ4n) is 2.49. The number of nitrogens with one attached hydrogen (secondary N) is 2. The Morgan fingerprint density at radius 3 is 2.11 bits per heavy atom. The van der Waals surface area contributed by atoms with Gasteiger partial charge in [-0.1, -0.05) is 29.3 Å². The second-order valence-corrected chi connectivity index (χ2v) is 5.66. The molecule has 3 nitrogen and oxygen atoms in total. The highest BCUT2D eigenvalue weighted by Gasteiger charge is 2.23. The van der Waals surface area contributed by atoms with Gasteiger partial charge in [-0.05, 0) is 12.1 Å². The van der Waals surface area contributed by atoms with Crippen molar-refractivity contribution in [1.82, 2.24) is 0 Å². The molecule has 0 unspecified atom stereocenters. The molecule has 5 heteroatoms. The van der Waals surface area contributed by atoms with E-state index in [4.69, 9.17) is 28.3 Å². The Labute approximate surface area is 118 Å². The van der Waals surface area contributed by atoms with E-state index in [0.717, 1.165) is 54.9 Å². The van der Waals surface area contributed by atoms with Crippen molar-refractivity contribution in [1.29, 1.82) is 0 Å². The van der Waals surface area contributed by atoms with Gasteiger partial charge in [0.25, 0.3) is 0 Å². The lowest BCUT2D eigenvalue weighted by Crippen LogP contribution is -3.27. The normalized spacial score (nSPS) is 24.2. The molecule has 1 aromatic carbocycles. The smallest absolute Gasteiger partial charge is 0.127 e. The van der Waals surface area contributed by atoms with E-state index < -0.39 is 0 Å². The van der Waals surface area contributed by atoms with Crippen molar-refractivity contribution in [3.8, 4) is 0 Å². The van der Waals surface area contributed by atoms with E-state index in [1.807, 2.05) is 18.2 Å². The molecule has 0 aromatic heterocycles. The fourth-order valence-corrected chi connectivity index (χ4v) is 3.02. The van der Waals surface area contributed by atoms with Gasteiger partial charge in [-0.3, -0.25) is 0 Å². The number of aliphatic hydroxyl groups is 1. The first-order chi connectivity index (χ1) is 8.70. The third-order valence-electron chi connectivity index (χ3n) is 3.62. The molecule has 0 bridgehead atoms. The molecule has 0 saturated carbocycles. The number of piperazine rings is 1. The van der Waals surface area contributed by atoms with Gasteiger partial charge in [0.15, 0.2) is 0 Å². The van der Waals surface area contributed by atoms with E-state index in [1.165, 1.54) is 9.80 Å². The Hall–Kier alpha value is -0.320.